The van der Waals surface area contributed by atoms with Crippen LogP contribution in [0.1, 0.15) is 21.5 Å². The Kier molecular flexibility index (Phi) is 3.52. The first kappa shape index (κ1) is 13.4. The zero-order chi connectivity index (χ0) is 20.6. The quantitative estimate of drug-likeness (QED) is 0.738. The number of hydrogen-bond donors (Lipinski definition) is 2. The van der Waals surface area contributed by atoms with Crippen molar-refractivity contribution in [1.29, 1.82) is 0 Å². The fourth-order valence-electron chi connectivity index (χ4n) is 2.62. The molecule has 3 heterocycles. The van der Waals surface area contributed by atoms with Crippen LogP contribution in [-0.4, -0.2) is 32.2 Å². The van der Waals surface area contributed by atoms with E-state index in [0.29, 0.717) is 23.1 Å². The number of aromatic nitrogens is 4. The monoisotopic (exact) mass is 363 g/mol. The highest BCUT2D eigenvalue weighted by Crippen LogP contribution is 2.27. The highest BCUT2D eigenvalue weighted by molar-refractivity contribution is 6.29. The summed E-state index contributed by atoms with van der Waals surface area (Å²) in [5, 5.41) is 12.6. The molecule has 8 nitrogen and oxygen atoms in total. The molecule has 3 rings (SSSR count). The molecule has 0 radical (unpaired) electrons. The van der Waals surface area contributed by atoms with Crippen molar-refractivity contribution in [2.75, 3.05) is 12.3 Å². The van der Waals surface area contributed by atoms with E-state index in [1.165, 1.54) is 6.07 Å². The number of amides is 1. The number of anilines is 2. The van der Waals surface area contributed by atoms with Crippen LogP contribution in [0.2, 0.25) is 5.15 Å². The second kappa shape index (κ2) is 6.56. The molecule has 0 bridgehead atoms. The lowest BCUT2D eigenvalue weighted by atomic mass is 10.2. The summed E-state index contributed by atoms with van der Waals surface area (Å²) < 4.78 is 24.9. The van der Waals surface area contributed by atoms with Crippen molar-refractivity contribution in [3.63, 3.8) is 0 Å². The third kappa shape index (κ3) is 2.96. The van der Waals surface area contributed by atoms with Gasteiger partial charge in [-0.3, -0.25) is 9.59 Å². The van der Waals surface area contributed by atoms with Crippen molar-refractivity contribution in [3.05, 3.63) is 45.7 Å². The summed E-state index contributed by atoms with van der Waals surface area (Å²) >= 11 is 5.90. The summed E-state index contributed by atoms with van der Waals surface area (Å²) in [4.78, 5) is 25.1. The van der Waals surface area contributed by atoms with Gasteiger partial charge in [-0.2, -0.15) is 0 Å². The van der Waals surface area contributed by atoms with Gasteiger partial charge in [0.25, 0.3) is 11.5 Å². The van der Waals surface area contributed by atoms with Crippen LogP contribution < -0.4 is 16.2 Å². The van der Waals surface area contributed by atoms with Gasteiger partial charge in [0.05, 0.1) is 22.3 Å². The standard InChI is InChI=1S/C16H17ClN6O2/c1-4-23-6-5-11-13(16(23)25)10(8-22(11)3)19-9-7-12(17)20-21-14(9)15(24)18-2/h5-8H,4H2,1-3H3,(H,18,24)(H,19,20)/i2D3. The van der Waals surface area contributed by atoms with Crippen LogP contribution >= 0.6 is 11.6 Å². The van der Waals surface area contributed by atoms with Gasteiger partial charge in [0.1, 0.15) is 0 Å². The Morgan fingerprint density at radius 1 is 1.40 bits per heavy atom. The number of nitrogens with zero attached hydrogens (tertiary/aromatic N) is 4. The highest BCUT2D eigenvalue weighted by atomic mass is 35.5. The van der Waals surface area contributed by atoms with Crippen LogP contribution in [0.15, 0.2) is 29.3 Å². The molecule has 0 aromatic carbocycles. The van der Waals surface area contributed by atoms with Gasteiger partial charge in [-0.05, 0) is 13.0 Å². The Labute approximate surface area is 152 Å². The first-order valence-corrected chi connectivity index (χ1v) is 7.79. The van der Waals surface area contributed by atoms with Crippen LogP contribution in [-0.2, 0) is 13.6 Å². The molecule has 3 aromatic heterocycles. The number of pyridine rings is 1. The maximum Gasteiger partial charge on any atom is 0.273 e. The molecule has 0 fully saturated rings. The molecule has 0 aliphatic carbocycles. The Balaban J connectivity index is 2.11. The average molecular weight is 364 g/mol. The first-order valence-electron chi connectivity index (χ1n) is 8.92. The number of halogens is 1. The lowest BCUT2D eigenvalue weighted by Gasteiger charge is -2.09. The molecule has 0 unspecified atom stereocenters. The number of rotatable bonds is 4. The average Bonchev–Trinajstić information content (AvgIpc) is 2.90. The lowest BCUT2D eigenvalue weighted by molar-refractivity contribution is 0.0958. The molecule has 0 aliphatic heterocycles. The van der Waals surface area contributed by atoms with Crippen LogP contribution in [0.3, 0.4) is 0 Å². The van der Waals surface area contributed by atoms with Crippen molar-refractivity contribution in [1.82, 2.24) is 24.6 Å². The van der Waals surface area contributed by atoms with Crippen molar-refractivity contribution in [3.8, 4) is 0 Å². The Bertz CT molecular complexity index is 1120. The van der Waals surface area contributed by atoms with Crippen LogP contribution in [0.25, 0.3) is 10.9 Å². The smallest absolute Gasteiger partial charge is 0.273 e. The van der Waals surface area contributed by atoms with Gasteiger partial charge in [0, 0.05) is 43.1 Å². The maximum atomic E-state index is 12.8. The molecule has 0 aliphatic rings. The Morgan fingerprint density at radius 3 is 2.92 bits per heavy atom. The largest absolute Gasteiger partial charge is 0.354 e. The Hall–Kier alpha value is -2.87. The molecule has 0 saturated heterocycles. The predicted molar refractivity (Wildman–Crippen MR) is 96.6 cm³/mol. The second-order valence-electron chi connectivity index (χ2n) is 5.33. The molecule has 0 saturated carbocycles. The number of nitrogens with one attached hydrogen (secondary N) is 2. The van der Waals surface area contributed by atoms with Gasteiger partial charge in [-0.1, -0.05) is 11.6 Å². The summed E-state index contributed by atoms with van der Waals surface area (Å²) in [5.74, 6) is -0.946. The molecule has 0 atom stereocenters. The van der Waals surface area contributed by atoms with E-state index in [1.54, 1.807) is 28.6 Å². The number of hydrogen-bond acceptors (Lipinski definition) is 5. The van der Waals surface area contributed by atoms with Gasteiger partial charge in [-0.15, -0.1) is 10.2 Å². The number of aryl methyl sites for hydroxylation is 2. The minimum Gasteiger partial charge on any atom is -0.354 e. The fraction of sp³-hybridized carbons (Fsp3) is 0.250. The van der Waals surface area contributed by atoms with E-state index in [9.17, 15) is 9.59 Å². The molecular formula is C16H17ClN6O2. The van der Waals surface area contributed by atoms with Gasteiger partial charge in [-0.25, -0.2) is 0 Å². The molecule has 1 amide bonds. The summed E-state index contributed by atoms with van der Waals surface area (Å²) in [7, 11) is 1.78. The molecule has 2 N–H and O–H groups in total. The van der Waals surface area contributed by atoms with Gasteiger partial charge in [0.2, 0.25) is 0 Å². The zero-order valence-electron chi connectivity index (χ0n) is 16.5. The van der Waals surface area contributed by atoms with Crippen molar-refractivity contribution in [2.24, 2.45) is 7.05 Å². The van der Waals surface area contributed by atoms with Gasteiger partial charge in [0.15, 0.2) is 10.8 Å². The maximum absolute atomic E-state index is 12.8. The van der Waals surface area contributed by atoms with E-state index < -0.39 is 12.9 Å². The van der Waals surface area contributed by atoms with E-state index in [-0.39, 0.29) is 22.1 Å². The van der Waals surface area contributed by atoms with Crippen LogP contribution in [0, 0.1) is 0 Å². The fourth-order valence-corrected chi connectivity index (χ4v) is 2.77. The molecule has 9 heteroatoms. The second-order valence-corrected chi connectivity index (χ2v) is 5.72. The van der Waals surface area contributed by atoms with Crippen LogP contribution in [0.4, 0.5) is 11.4 Å². The number of carbonyl (C=O) groups is 1. The minimum atomic E-state index is -2.69. The molecule has 0 spiro atoms. The molecule has 25 heavy (non-hydrogen) atoms. The topological polar surface area (TPSA) is 93.8 Å². The summed E-state index contributed by atoms with van der Waals surface area (Å²) in [6.07, 6.45) is 3.39. The van der Waals surface area contributed by atoms with E-state index in [4.69, 9.17) is 15.7 Å². The zero-order valence-corrected chi connectivity index (χ0v) is 14.3. The number of carbonyl (C=O) groups excluding carboxylic acids is 1. The molecule has 130 valence electrons. The minimum absolute atomic E-state index is 0.000797. The van der Waals surface area contributed by atoms with Gasteiger partial charge < -0.3 is 19.8 Å². The van der Waals surface area contributed by atoms with E-state index in [0.717, 1.165) is 0 Å². The summed E-state index contributed by atoms with van der Waals surface area (Å²) in [5.41, 5.74) is 0.783. The van der Waals surface area contributed by atoms with Crippen LogP contribution in [0.5, 0.6) is 0 Å². The van der Waals surface area contributed by atoms with E-state index >= 15 is 0 Å². The SMILES string of the molecule is [2H]C([2H])([2H])NC(=O)c1nnc(Cl)cc1Nc1cn(C)c2ccn(CC)c(=O)c12. The highest BCUT2D eigenvalue weighted by Gasteiger charge is 2.17. The van der Waals surface area contributed by atoms with Crippen molar-refractivity contribution < 1.29 is 8.91 Å². The summed E-state index contributed by atoms with van der Waals surface area (Å²) in [6.45, 7) is -0.338. The normalized spacial score (nSPS) is 13.2. The van der Waals surface area contributed by atoms with Gasteiger partial charge >= 0.3 is 0 Å². The van der Waals surface area contributed by atoms with Crippen molar-refractivity contribution >= 4 is 39.8 Å². The third-order valence-corrected chi connectivity index (χ3v) is 4.00. The Morgan fingerprint density at radius 2 is 2.20 bits per heavy atom. The van der Waals surface area contributed by atoms with Crippen molar-refractivity contribution in [2.45, 2.75) is 13.5 Å². The lowest BCUT2D eigenvalue weighted by Crippen LogP contribution is -2.21. The van der Waals surface area contributed by atoms with E-state index in [2.05, 4.69) is 15.5 Å². The van der Waals surface area contributed by atoms with E-state index in [1.807, 2.05) is 18.3 Å². The first-order chi connectivity index (χ1) is 13.1. The third-order valence-electron chi connectivity index (χ3n) is 3.82. The number of fused-ring (bicyclic) bond motifs is 1. The predicted octanol–water partition coefficient (Wildman–Crippen LogP) is 1.91. The summed E-state index contributed by atoms with van der Waals surface area (Å²) in [6, 6.07) is 3.15. The molecular weight excluding hydrogens is 344 g/mol. The molecule has 3 aromatic rings.